The van der Waals surface area contributed by atoms with Crippen LogP contribution in [-0.4, -0.2) is 18.0 Å². The molecule has 0 spiro atoms. The van der Waals surface area contributed by atoms with E-state index in [2.05, 4.69) is 10.3 Å². The summed E-state index contributed by atoms with van der Waals surface area (Å²) in [5.41, 5.74) is 1.42. The van der Waals surface area contributed by atoms with Gasteiger partial charge in [0.15, 0.2) is 0 Å². The number of ether oxygens (including phenoxy) is 1. The van der Waals surface area contributed by atoms with Crippen LogP contribution in [0.1, 0.15) is 10.4 Å². The fourth-order valence-electron chi connectivity index (χ4n) is 2.34. The van der Waals surface area contributed by atoms with Gasteiger partial charge < -0.3 is 10.1 Å². The van der Waals surface area contributed by atoms with Crippen LogP contribution in [0.5, 0.6) is 5.75 Å². The van der Waals surface area contributed by atoms with Crippen molar-refractivity contribution in [3.05, 3.63) is 77.2 Å². The highest BCUT2D eigenvalue weighted by atomic mass is 35.5. The Hall–Kier alpha value is -2.92. The Balaban J connectivity index is 1.86. The zero-order valence-electron chi connectivity index (χ0n) is 13.3. The van der Waals surface area contributed by atoms with Gasteiger partial charge in [0.1, 0.15) is 17.3 Å². The molecule has 0 bridgehead atoms. The number of halogens is 2. The summed E-state index contributed by atoms with van der Waals surface area (Å²) in [7, 11) is 1.49. The topological polar surface area (TPSA) is 51.2 Å². The molecular formula is C19H14ClFN2O2. The Morgan fingerprint density at radius 1 is 1.16 bits per heavy atom. The van der Waals surface area contributed by atoms with Gasteiger partial charge in [0, 0.05) is 28.0 Å². The average Bonchev–Trinajstić information content (AvgIpc) is 2.63. The minimum absolute atomic E-state index is 0.200. The van der Waals surface area contributed by atoms with Gasteiger partial charge in [-0.15, -0.1) is 0 Å². The molecule has 3 aromatic rings. The molecule has 3 rings (SSSR count). The molecule has 4 nitrogen and oxygen atoms in total. The second-order valence-electron chi connectivity index (χ2n) is 5.21. The summed E-state index contributed by atoms with van der Waals surface area (Å²) in [6, 6.07) is 14.3. The second kappa shape index (κ2) is 7.32. The molecule has 2 aromatic carbocycles. The molecule has 0 radical (unpaired) electrons. The summed E-state index contributed by atoms with van der Waals surface area (Å²) in [5, 5.41) is 3.26. The van der Waals surface area contributed by atoms with Crippen molar-refractivity contribution in [1.29, 1.82) is 0 Å². The minimum Gasteiger partial charge on any atom is -0.494 e. The number of benzene rings is 2. The smallest absolute Gasteiger partial charge is 0.255 e. The minimum atomic E-state index is -0.555. The van der Waals surface area contributed by atoms with Crippen LogP contribution in [0.2, 0.25) is 5.02 Å². The summed E-state index contributed by atoms with van der Waals surface area (Å²) < 4.78 is 19.7. The first-order valence-electron chi connectivity index (χ1n) is 7.44. The van der Waals surface area contributed by atoms with E-state index < -0.39 is 11.7 Å². The van der Waals surface area contributed by atoms with Gasteiger partial charge in [-0.05, 0) is 54.6 Å². The molecule has 0 atom stereocenters. The van der Waals surface area contributed by atoms with Gasteiger partial charge in [0.25, 0.3) is 5.91 Å². The first kappa shape index (κ1) is 16.9. The van der Waals surface area contributed by atoms with E-state index in [4.69, 9.17) is 16.3 Å². The number of amides is 1. The molecular weight excluding hydrogens is 343 g/mol. The maximum atomic E-state index is 14.5. The van der Waals surface area contributed by atoms with E-state index in [0.717, 1.165) is 0 Å². The number of anilines is 1. The molecule has 25 heavy (non-hydrogen) atoms. The average molecular weight is 357 g/mol. The van der Waals surface area contributed by atoms with Gasteiger partial charge in [-0.3, -0.25) is 9.78 Å². The lowest BCUT2D eigenvalue weighted by Crippen LogP contribution is -2.12. The number of rotatable bonds is 4. The maximum Gasteiger partial charge on any atom is 0.255 e. The van der Waals surface area contributed by atoms with Crippen molar-refractivity contribution >= 4 is 23.2 Å². The molecule has 1 heterocycles. The van der Waals surface area contributed by atoms with E-state index in [9.17, 15) is 9.18 Å². The summed E-state index contributed by atoms with van der Waals surface area (Å²) in [5.74, 6) is -0.513. The van der Waals surface area contributed by atoms with E-state index in [1.54, 1.807) is 42.6 Å². The van der Waals surface area contributed by atoms with E-state index in [1.165, 1.54) is 25.3 Å². The van der Waals surface area contributed by atoms with Crippen molar-refractivity contribution < 1.29 is 13.9 Å². The molecule has 0 saturated heterocycles. The van der Waals surface area contributed by atoms with Crippen LogP contribution < -0.4 is 10.1 Å². The Bertz CT molecular complexity index is 914. The summed E-state index contributed by atoms with van der Waals surface area (Å²) in [6.45, 7) is 0. The number of carbonyl (C=O) groups is 1. The van der Waals surface area contributed by atoms with Crippen molar-refractivity contribution in [2.45, 2.75) is 0 Å². The number of hydrogen-bond acceptors (Lipinski definition) is 3. The molecule has 0 unspecified atom stereocenters. The first-order chi connectivity index (χ1) is 12.1. The number of aromatic nitrogens is 1. The van der Waals surface area contributed by atoms with Crippen molar-refractivity contribution in [3.8, 4) is 17.0 Å². The zero-order chi connectivity index (χ0) is 17.8. The van der Waals surface area contributed by atoms with E-state index in [1.807, 2.05) is 0 Å². The van der Waals surface area contributed by atoms with E-state index in [0.29, 0.717) is 22.2 Å². The highest BCUT2D eigenvalue weighted by Crippen LogP contribution is 2.29. The van der Waals surface area contributed by atoms with Crippen LogP contribution >= 0.6 is 11.6 Å². The Morgan fingerprint density at radius 3 is 2.60 bits per heavy atom. The van der Waals surface area contributed by atoms with Crippen molar-refractivity contribution in [3.63, 3.8) is 0 Å². The van der Waals surface area contributed by atoms with Gasteiger partial charge >= 0.3 is 0 Å². The van der Waals surface area contributed by atoms with Crippen molar-refractivity contribution in [1.82, 2.24) is 4.98 Å². The Kier molecular flexibility index (Phi) is 4.95. The third-order valence-corrected chi connectivity index (χ3v) is 3.83. The lowest BCUT2D eigenvalue weighted by atomic mass is 10.1. The quantitative estimate of drug-likeness (QED) is 0.730. The predicted molar refractivity (Wildman–Crippen MR) is 95.6 cm³/mol. The molecule has 126 valence electrons. The third kappa shape index (κ3) is 3.78. The normalized spacial score (nSPS) is 10.4. The van der Waals surface area contributed by atoms with Crippen LogP contribution in [-0.2, 0) is 0 Å². The SMILES string of the molecule is COc1cccnc1-c1ccc(C(=O)Nc2ccc(Cl)cc2)cc1F. The monoisotopic (exact) mass is 356 g/mol. The fourth-order valence-corrected chi connectivity index (χ4v) is 2.47. The molecule has 6 heteroatoms. The van der Waals surface area contributed by atoms with Crippen molar-refractivity contribution in [2.24, 2.45) is 0 Å². The largest absolute Gasteiger partial charge is 0.494 e. The standard InChI is InChI=1S/C19H14ClFN2O2/c1-25-17-3-2-10-22-18(17)15-9-4-12(11-16(15)21)19(24)23-14-7-5-13(20)6-8-14/h2-11H,1H3,(H,23,24). The lowest BCUT2D eigenvalue weighted by molar-refractivity contribution is 0.102. The van der Waals surface area contributed by atoms with Gasteiger partial charge in [0.2, 0.25) is 0 Å². The summed E-state index contributed by atoms with van der Waals surface area (Å²) in [4.78, 5) is 16.4. The number of pyridine rings is 1. The maximum absolute atomic E-state index is 14.5. The number of methoxy groups -OCH3 is 1. The van der Waals surface area contributed by atoms with E-state index >= 15 is 0 Å². The molecule has 1 aromatic heterocycles. The molecule has 1 N–H and O–H groups in total. The lowest BCUT2D eigenvalue weighted by Gasteiger charge is -2.10. The number of carbonyl (C=O) groups excluding carboxylic acids is 1. The number of nitrogens with zero attached hydrogens (tertiary/aromatic N) is 1. The van der Waals surface area contributed by atoms with Gasteiger partial charge in [-0.25, -0.2) is 4.39 Å². The molecule has 0 saturated carbocycles. The van der Waals surface area contributed by atoms with Gasteiger partial charge in [-0.1, -0.05) is 11.6 Å². The van der Waals surface area contributed by atoms with Crippen LogP contribution in [0, 0.1) is 5.82 Å². The van der Waals surface area contributed by atoms with Crippen LogP contribution in [0.3, 0.4) is 0 Å². The first-order valence-corrected chi connectivity index (χ1v) is 7.82. The Morgan fingerprint density at radius 2 is 1.92 bits per heavy atom. The number of hydrogen-bond donors (Lipinski definition) is 1. The second-order valence-corrected chi connectivity index (χ2v) is 5.65. The molecule has 1 amide bonds. The zero-order valence-corrected chi connectivity index (χ0v) is 14.0. The molecule has 0 aliphatic rings. The van der Waals surface area contributed by atoms with Gasteiger partial charge in [0.05, 0.1) is 7.11 Å². The molecule has 0 aliphatic carbocycles. The fraction of sp³-hybridized carbons (Fsp3) is 0.0526. The predicted octanol–water partition coefficient (Wildman–Crippen LogP) is 4.80. The van der Waals surface area contributed by atoms with Crippen LogP contribution in [0.25, 0.3) is 11.3 Å². The summed E-state index contributed by atoms with van der Waals surface area (Å²) in [6.07, 6.45) is 1.55. The molecule has 0 fully saturated rings. The highest BCUT2D eigenvalue weighted by Gasteiger charge is 2.15. The molecule has 0 aliphatic heterocycles. The van der Waals surface area contributed by atoms with Crippen LogP contribution in [0.4, 0.5) is 10.1 Å². The van der Waals surface area contributed by atoms with Crippen molar-refractivity contribution in [2.75, 3.05) is 12.4 Å². The van der Waals surface area contributed by atoms with E-state index in [-0.39, 0.29) is 11.1 Å². The highest BCUT2D eigenvalue weighted by molar-refractivity contribution is 6.30. The Labute approximate surface area is 149 Å². The van der Waals surface area contributed by atoms with Crippen LogP contribution in [0.15, 0.2) is 60.8 Å². The number of nitrogens with one attached hydrogen (secondary N) is 1. The third-order valence-electron chi connectivity index (χ3n) is 3.58. The summed E-state index contributed by atoms with van der Waals surface area (Å²) >= 11 is 5.81. The van der Waals surface area contributed by atoms with Gasteiger partial charge in [-0.2, -0.15) is 0 Å².